The van der Waals surface area contributed by atoms with Gasteiger partial charge >= 0.3 is 5.97 Å². The van der Waals surface area contributed by atoms with Gasteiger partial charge in [-0.25, -0.2) is 4.79 Å². The standard InChI is InChI=1S/C20H23NO4S/c1-13(18(22)21-20(19(23)24)7-9-26-10-8-20)14-3-4-16-12-17(25-2)6-5-15(16)11-14/h3-6,11-13H,7-10H2,1-2H3,(H,21,22)(H,23,24)/t13-/m0/s1. The minimum Gasteiger partial charge on any atom is -0.497 e. The third kappa shape index (κ3) is 3.65. The Balaban J connectivity index is 1.81. The summed E-state index contributed by atoms with van der Waals surface area (Å²) < 4.78 is 5.23. The fourth-order valence-corrected chi connectivity index (χ4v) is 4.44. The number of nitrogens with one attached hydrogen (secondary N) is 1. The van der Waals surface area contributed by atoms with Gasteiger partial charge in [-0.1, -0.05) is 24.3 Å². The van der Waals surface area contributed by atoms with Crippen LogP contribution in [-0.2, 0) is 9.59 Å². The number of carboxylic acid groups (broad SMARTS) is 1. The highest BCUT2D eigenvalue weighted by molar-refractivity contribution is 7.99. The molecule has 0 spiro atoms. The molecule has 1 amide bonds. The predicted octanol–water partition coefficient (Wildman–Crippen LogP) is 3.42. The number of hydrogen-bond donors (Lipinski definition) is 2. The Morgan fingerprint density at radius 2 is 1.81 bits per heavy atom. The van der Waals surface area contributed by atoms with Gasteiger partial charge in [-0.05, 0) is 59.7 Å². The lowest BCUT2D eigenvalue weighted by Gasteiger charge is -2.34. The number of carbonyl (C=O) groups excluding carboxylic acids is 1. The van der Waals surface area contributed by atoms with E-state index < -0.39 is 17.4 Å². The molecule has 0 aromatic heterocycles. The minimum atomic E-state index is -1.14. The topological polar surface area (TPSA) is 75.6 Å². The fraction of sp³-hybridized carbons (Fsp3) is 0.400. The van der Waals surface area contributed by atoms with Gasteiger partial charge in [0.2, 0.25) is 5.91 Å². The van der Waals surface area contributed by atoms with Crippen molar-refractivity contribution in [1.82, 2.24) is 5.32 Å². The quantitative estimate of drug-likeness (QED) is 0.840. The second-order valence-electron chi connectivity index (χ2n) is 6.68. The van der Waals surface area contributed by atoms with Gasteiger partial charge in [0.25, 0.3) is 0 Å². The zero-order valence-electron chi connectivity index (χ0n) is 15.0. The number of fused-ring (bicyclic) bond motifs is 1. The molecule has 1 saturated heterocycles. The molecule has 0 aliphatic carbocycles. The molecular weight excluding hydrogens is 350 g/mol. The lowest BCUT2D eigenvalue weighted by atomic mass is 9.90. The van der Waals surface area contributed by atoms with Crippen LogP contribution < -0.4 is 10.1 Å². The second-order valence-corrected chi connectivity index (χ2v) is 7.91. The molecule has 2 N–H and O–H groups in total. The van der Waals surface area contributed by atoms with Crippen LogP contribution in [0.1, 0.15) is 31.2 Å². The van der Waals surface area contributed by atoms with Crippen LogP contribution in [0.15, 0.2) is 36.4 Å². The zero-order valence-corrected chi connectivity index (χ0v) is 15.8. The number of ether oxygens (including phenoxy) is 1. The normalized spacial score (nSPS) is 17.5. The summed E-state index contributed by atoms with van der Waals surface area (Å²) >= 11 is 1.73. The van der Waals surface area contributed by atoms with Gasteiger partial charge in [-0.15, -0.1) is 0 Å². The summed E-state index contributed by atoms with van der Waals surface area (Å²) in [6, 6.07) is 11.6. The summed E-state index contributed by atoms with van der Waals surface area (Å²) in [6.45, 7) is 1.81. The van der Waals surface area contributed by atoms with Gasteiger partial charge in [0.1, 0.15) is 11.3 Å². The predicted molar refractivity (Wildman–Crippen MR) is 104 cm³/mol. The summed E-state index contributed by atoms with van der Waals surface area (Å²) in [5.74, 6) is 0.676. The molecule has 1 aliphatic rings. The van der Waals surface area contributed by atoms with Gasteiger partial charge in [-0.3, -0.25) is 4.79 Å². The highest BCUT2D eigenvalue weighted by atomic mass is 32.2. The number of aliphatic carboxylic acids is 1. The van der Waals surface area contributed by atoms with E-state index in [1.165, 1.54) is 0 Å². The molecule has 0 radical (unpaired) electrons. The molecule has 0 unspecified atom stereocenters. The molecule has 6 heteroatoms. The number of carbonyl (C=O) groups is 2. The van der Waals surface area contributed by atoms with Crippen LogP contribution >= 0.6 is 11.8 Å². The molecule has 138 valence electrons. The Labute approximate surface area is 157 Å². The van der Waals surface area contributed by atoms with E-state index in [1.54, 1.807) is 18.9 Å². The minimum absolute atomic E-state index is 0.243. The van der Waals surface area contributed by atoms with Crippen molar-refractivity contribution in [1.29, 1.82) is 0 Å². The molecule has 1 atom stereocenters. The van der Waals surface area contributed by atoms with Crippen molar-refractivity contribution in [2.45, 2.75) is 31.2 Å². The Bertz CT molecular complexity index is 830. The van der Waals surface area contributed by atoms with Crippen molar-refractivity contribution >= 4 is 34.4 Å². The maximum Gasteiger partial charge on any atom is 0.329 e. The van der Waals surface area contributed by atoms with E-state index >= 15 is 0 Å². The number of hydrogen-bond acceptors (Lipinski definition) is 4. The van der Waals surface area contributed by atoms with E-state index in [-0.39, 0.29) is 5.91 Å². The molecule has 3 rings (SSSR count). The number of thioether (sulfide) groups is 1. The zero-order chi connectivity index (χ0) is 18.7. The van der Waals surface area contributed by atoms with E-state index in [9.17, 15) is 14.7 Å². The lowest BCUT2D eigenvalue weighted by molar-refractivity contribution is -0.148. The number of benzene rings is 2. The number of amides is 1. The maximum atomic E-state index is 12.8. The molecule has 1 aliphatic heterocycles. The molecule has 1 fully saturated rings. The highest BCUT2D eigenvalue weighted by Crippen LogP contribution is 2.30. The van der Waals surface area contributed by atoms with Crippen LogP contribution in [-0.4, -0.2) is 41.1 Å². The van der Waals surface area contributed by atoms with Crippen LogP contribution in [0.5, 0.6) is 5.75 Å². The monoisotopic (exact) mass is 373 g/mol. The van der Waals surface area contributed by atoms with Crippen molar-refractivity contribution < 1.29 is 19.4 Å². The van der Waals surface area contributed by atoms with Crippen LogP contribution in [0.4, 0.5) is 0 Å². The summed E-state index contributed by atoms with van der Waals surface area (Å²) in [6.07, 6.45) is 0.923. The summed E-state index contributed by atoms with van der Waals surface area (Å²) in [7, 11) is 1.63. The number of carboxylic acids is 1. The summed E-state index contributed by atoms with van der Waals surface area (Å²) in [5, 5.41) is 14.5. The maximum absolute atomic E-state index is 12.8. The van der Waals surface area contributed by atoms with Crippen LogP contribution in [0.2, 0.25) is 0 Å². The van der Waals surface area contributed by atoms with Gasteiger partial charge in [-0.2, -0.15) is 11.8 Å². The third-order valence-corrected chi connectivity index (χ3v) is 6.07. The lowest BCUT2D eigenvalue weighted by Crippen LogP contribution is -2.57. The average molecular weight is 373 g/mol. The smallest absolute Gasteiger partial charge is 0.329 e. The molecule has 1 heterocycles. The Morgan fingerprint density at radius 3 is 2.46 bits per heavy atom. The first-order chi connectivity index (χ1) is 12.4. The van der Waals surface area contributed by atoms with E-state index in [2.05, 4.69) is 5.32 Å². The van der Waals surface area contributed by atoms with Crippen molar-refractivity contribution in [2.24, 2.45) is 0 Å². The molecule has 5 nitrogen and oxygen atoms in total. The molecule has 0 bridgehead atoms. The van der Waals surface area contributed by atoms with Gasteiger partial charge in [0.05, 0.1) is 13.0 Å². The largest absolute Gasteiger partial charge is 0.497 e. The Hall–Kier alpha value is -2.21. The van der Waals surface area contributed by atoms with Crippen molar-refractivity contribution in [3.8, 4) is 5.75 Å². The van der Waals surface area contributed by atoms with E-state index in [0.717, 1.165) is 33.6 Å². The Kier molecular flexibility index (Phi) is 5.41. The molecule has 2 aromatic rings. The molecular formula is C20H23NO4S. The van der Waals surface area contributed by atoms with Gasteiger partial charge < -0.3 is 15.2 Å². The second kappa shape index (κ2) is 7.58. The van der Waals surface area contributed by atoms with Crippen LogP contribution in [0, 0.1) is 0 Å². The average Bonchev–Trinajstić information content (AvgIpc) is 2.67. The van der Waals surface area contributed by atoms with Gasteiger partial charge in [0.15, 0.2) is 0 Å². The first-order valence-electron chi connectivity index (χ1n) is 8.66. The SMILES string of the molecule is COc1ccc2cc([C@H](C)C(=O)NC3(C(=O)O)CCSCC3)ccc2c1. The van der Waals surface area contributed by atoms with Crippen molar-refractivity contribution in [2.75, 3.05) is 18.6 Å². The highest BCUT2D eigenvalue weighted by Gasteiger charge is 2.42. The molecule has 2 aromatic carbocycles. The van der Waals surface area contributed by atoms with E-state index in [1.807, 2.05) is 43.3 Å². The first kappa shape index (κ1) is 18.6. The van der Waals surface area contributed by atoms with Crippen molar-refractivity contribution in [3.05, 3.63) is 42.0 Å². The van der Waals surface area contributed by atoms with E-state index in [0.29, 0.717) is 12.8 Å². The Morgan fingerprint density at radius 1 is 1.15 bits per heavy atom. The molecule has 0 saturated carbocycles. The van der Waals surface area contributed by atoms with Crippen LogP contribution in [0.3, 0.4) is 0 Å². The number of rotatable bonds is 5. The first-order valence-corrected chi connectivity index (χ1v) is 9.81. The van der Waals surface area contributed by atoms with Crippen molar-refractivity contribution in [3.63, 3.8) is 0 Å². The summed E-state index contributed by atoms with van der Waals surface area (Å²) in [4.78, 5) is 24.5. The van der Waals surface area contributed by atoms with Crippen LogP contribution in [0.25, 0.3) is 10.8 Å². The fourth-order valence-electron chi connectivity index (χ4n) is 3.25. The molecule has 26 heavy (non-hydrogen) atoms. The number of methoxy groups -OCH3 is 1. The third-order valence-electron chi connectivity index (χ3n) is 5.08. The van der Waals surface area contributed by atoms with Gasteiger partial charge in [0, 0.05) is 0 Å². The van der Waals surface area contributed by atoms with E-state index in [4.69, 9.17) is 4.74 Å². The summed E-state index contributed by atoms with van der Waals surface area (Å²) in [5.41, 5.74) is -0.272.